The SMILES string of the molecule is Cc1nn(C)c(F)c1C(=O)N(C1CC1)C(C)C1(O)CCCc2ccccc21. The molecule has 4 rings (SSSR count). The Morgan fingerprint density at radius 2 is 2.11 bits per heavy atom. The van der Waals surface area contributed by atoms with Crippen LogP contribution in [0.25, 0.3) is 0 Å². The van der Waals surface area contributed by atoms with Crippen molar-refractivity contribution in [1.82, 2.24) is 14.7 Å². The van der Waals surface area contributed by atoms with Crippen LogP contribution in [0.1, 0.15) is 59.8 Å². The summed E-state index contributed by atoms with van der Waals surface area (Å²) in [4.78, 5) is 15.0. The minimum absolute atomic E-state index is 0.0175. The number of amides is 1. The Morgan fingerprint density at radius 3 is 2.74 bits per heavy atom. The van der Waals surface area contributed by atoms with Crippen molar-refractivity contribution in [2.75, 3.05) is 0 Å². The molecular weight excluding hydrogens is 345 g/mol. The molecule has 1 fully saturated rings. The van der Waals surface area contributed by atoms with Crippen molar-refractivity contribution in [3.05, 3.63) is 52.6 Å². The van der Waals surface area contributed by atoms with E-state index < -0.39 is 17.6 Å². The lowest BCUT2D eigenvalue weighted by atomic mass is 9.74. The molecule has 1 aromatic carbocycles. The average Bonchev–Trinajstić information content (AvgIpc) is 3.43. The van der Waals surface area contributed by atoms with E-state index in [1.165, 1.54) is 7.05 Å². The summed E-state index contributed by atoms with van der Waals surface area (Å²) in [5.41, 5.74) is 1.30. The van der Waals surface area contributed by atoms with Gasteiger partial charge >= 0.3 is 0 Å². The topological polar surface area (TPSA) is 58.4 Å². The van der Waals surface area contributed by atoms with Crippen molar-refractivity contribution >= 4 is 5.91 Å². The second-order valence-corrected chi connectivity index (χ2v) is 7.93. The maximum atomic E-state index is 14.5. The number of aryl methyl sites for hydroxylation is 3. The molecule has 1 aromatic heterocycles. The van der Waals surface area contributed by atoms with Crippen LogP contribution >= 0.6 is 0 Å². The highest BCUT2D eigenvalue weighted by atomic mass is 19.1. The molecule has 2 atom stereocenters. The van der Waals surface area contributed by atoms with E-state index in [0.29, 0.717) is 12.1 Å². The molecule has 0 aliphatic heterocycles. The first-order chi connectivity index (χ1) is 12.8. The minimum Gasteiger partial charge on any atom is -0.383 e. The summed E-state index contributed by atoms with van der Waals surface area (Å²) < 4.78 is 15.6. The molecule has 6 heteroatoms. The molecule has 2 aliphatic rings. The molecule has 0 bridgehead atoms. The smallest absolute Gasteiger partial charge is 0.261 e. The zero-order valence-electron chi connectivity index (χ0n) is 16.1. The molecule has 144 valence electrons. The van der Waals surface area contributed by atoms with Crippen LogP contribution in [0.15, 0.2) is 24.3 Å². The first-order valence-corrected chi connectivity index (χ1v) is 9.67. The lowest BCUT2D eigenvalue weighted by molar-refractivity contribution is -0.0528. The van der Waals surface area contributed by atoms with Gasteiger partial charge in [0.1, 0.15) is 11.2 Å². The third-order valence-corrected chi connectivity index (χ3v) is 6.14. The molecule has 0 radical (unpaired) electrons. The van der Waals surface area contributed by atoms with Gasteiger partial charge in [-0.3, -0.25) is 4.79 Å². The van der Waals surface area contributed by atoms with Gasteiger partial charge in [-0.25, -0.2) is 4.68 Å². The van der Waals surface area contributed by atoms with Crippen LogP contribution in [-0.4, -0.2) is 37.8 Å². The molecule has 2 aromatic rings. The Balaban J connectivity index is 1.74. The molecule has 1 saturated carbocycles. The van der Waals surface area contributed by atoms with Crippen LogP contribution < -0.4 is 0 Å². The van der Waals surface area contributed by atoms with Crippen molar-refractivity contribution < 1.29 is 14.3 Å². The number of benzene rings is 1. The van der Waals surface area contributed by atoms with Gasteiger partial charge in [0.15, 0.2) is 0 Å². The van der Waals surface area contributed by atoms with Crippen molar-refractivity contribution in [1.29, 1.82) is 0 Å². The maximum absolute atomic E-state index is 14.5. The molecule has 5 nitrogen and oxygen atoms in total. The number of hydrogen-bond acceptors (Lipinski definition) is 3. The highest BCUT2D eigenvalue weighted by molar-refractivity contribution is 5.96. The normalized spacial score (nSPS) is 23.0. The molecule has 2 aliphatic carbocycles. The fraction of sp³-hybridized carbons (Fsp3) is 0.524. The van der Waals surface area contributed by atoms with Gasteiger partial charge in [0.2, 0.25) is 5.95 Å². The molecule has 0 saturated heterocycles. The number of halogens is 1. The van der Waals surface area contributed by atoms with Crippen LogP contribution in [-0.2, 0) is 19.1 Å². The fourth-order valence-corrected chi connectivity index (χ4v) is 4.52. The predicted octanol–water partition coefficient (Wildman–Crippen LogP) is 3.08. The van der Waals surface area contributed by atoms with Crippen LogP contribution in [0.2, 0.25) is 0 Å². The number of rotatable bonds is 4. The maximum Gasteiger partial charge on any atom is 0.261 e. The van der Waals surface area contributed by atoms with Gasteiger partial charge in [-0.15, -0.1) is 0 Å². The summed E-state index contributed by atoms with van der Waals surface area (Å²) in [7, 11) is 1.49. The van der Waals surface area contributed by atoms with Gasteiger partial charge in [-0.2, -0.15) is 9.49 Å². The van der Waals surface area contributed by atoms with Crippen LogP contribution in [0.3, 0.4) is 0 Å². The Hall–Kier alpha value is -2.21. The zero-order chi connectivity index (χ0) is 19.3. The number of carbonyl (C=O) groups excluding carboxylic acids is 1. The lowest BCUT2D eigenvalue weighted by Crippen LogP contribution is -2.53. The Kier molecular flexibility index (Phi) is 4.34. The van der Waals surface area contributed by atoms with Gasteiger partial charge in [0.05, 0.1) is 11.7 Å². The van der Waals surface area contributed by atoms with Crippen molar-refractivity contribution in [3.63, 3.8) is 0 Å². The first kappa shape index (κ1) is 18.2. The van der Waals surface area contributed by atoms with Crippen LogP contribution in [0.5, 0.6) is 0 Å². The van der Waals surface area contributed by atoms with E-state index in [9.17, 15) is 14.3 Å². The van der Waals surface area contributed by atoms with E-state index in [1.54, 1.807) is 11.8 Å². The average molecular weight is 371 g/mol. The largest absolute Gasteiger partial charge is 0.383 e. The number of aliphatic hydroxyl groups is 1. The van der Waals surface area contributed by atoms with Crippen LogP contribution in [0.4, 0.5) is 4.39 Å². The number of aromatic nitrogens is 2. The number of nitrogens with zero attached hydrogens (tertiary/aromatic N) is 3. The molecule has 27 heavy (non-hydrogen) atoms. The Labute approximate surface area is 158 Å². The second-order valence-electron chi connectivity index (χ2n) is 7.93. The van der Waals surface area contributed by atoms with E-state index in [0.717, 1.165) is 41.5 Å². The Bertz CT molecular complexity index is 890. The fourth-order valence-electron chi connectivity index (χ4n) is 4.52. The summed E-state index contributed by atoms with van der Waals surface area (Å²) in [5.74, 6) is -0.990. The van der Waals surface area contributed by atoms with E-state index in [1.807, 2.05) is 31.2 Å². The summed E-state index contributed by atoms with van der Waals surface area (Å²) in [6.45, 7) is 3.54. The van der Waals surface area contributed by atoms with Crippen molar-refractivity contribution in [2.24, 2.45) is 7.05 Å². The third kappa shape index (κ3) is 2.87. The van der Waals surface area contributed by atoms with Gasteiger partial charge in [0.25, 0.3) is 5.91 Å². The minimum atomic E-state index is -1.13. The lowest BCUT2D eigenvalue weighted by Gasteiger charge is -2.44. The van der Waals surface area contributed by atoms with Gasteiger partial charge in [-0.1, -0.05) is 24.3 Å². The first-order valence-electron chi connectivity index (χ1n) is 9.67. The Morgan fingerprint density at radius 1 is 1.41 bits per heavy atom. The summed E-state index contributed by atoms with van der Waals surface area (Å²) >= 11 is 0. The molecule has 1 N–H and O–H groups in total. The van der Waals surface area contributed by atoms with Gasteiger partial charge < -0.3 is 10.0 Å². The standard InChI is InChI=1S/C21H26FN3O2/c1-13-18(19(22)24(3)23-13)20(26)25(16-10-11-16)14(2)21(27)12-6-8-15-7-4-5-9-17(15)21/h4-5,7,9,14,16,27H,6,8,10-12H2,1-3H3. The van der Waals surface area contributed by atoms with Gasteiger partial charge in [0, 0.05) is 13.1 Å². The third-order valence-electron chi connectivity index (χ3n) is 6.14. The van der Waals surface area contributed by atoms with Crippen molar-refractivity contribution in [2.45, 2.75) is 63.6 Å². The van der Waals surface area contributed by atoms with E-state index >= 15 is 0 Å². The number of fused-ring (bicyclic) bond motifs is 1. The van der Waals surface area contributed by atoms with E-state index in [-0.39, 0.29) is 17.5 Å². The monoisotopic (exact) mass is 371 g/mol. The molecule has 0 spiro atoms. The second kappa shape index (κ2) is 6.44. The molecule has 1 amide bonds. The van der Waals surface area contributed by atoms with Crippen LogP contribution in [0, 0.1) is 12.9 Å². The number of carbonyl (C=O) groups is 1. The molecular formula is C21H26FN3O2. The predicted molar refractivity (Wildman–Crippen MR) is 99.8 cm³/mol. The summed E-state index contributed by atoms with van der Waals surface area (Å²) in [6, 6.07) is 7.50. The van der Waals surface area contributed by atoms with Crippen molar-refractivity contribution in [3.8, 4) is 0 Å². The van der Waals surface area contributed by atoms with E-state index in [2.05, 4.69) is 5.10 Å². The summed E-state index contributed by atoms with van der Waals surface area (Å²) in [5, 5.41) is 15.7. The van der Waals surface area contributed by atoms with Gasteiger partial charge in [-0.05, 0) is 57.1 Å². The highest BCUT2D eigenvalue weighted by Gasteiger charge is 2.48. The van der Waals surface area contributed by atoms with E-state index in [4.69, 9.17) is 0 Å². The summed E-state index contributed by atoms with van der Waals surface area (Å²) in [6.07, 6.45) is 4.16. The number of hydrogen-bond donors (Lipinski definition) is 1. The zero-order valence-corrected chi connectivity index (χ0v) is 16.1. The molecule has 2 unspecified atom stereocenters. The quantitative estimate of drug-likeness (QED) is 0.899. The molecule has 1 heterocycles. The highest BCUT2D eigenvalue weighted by Crippen LogP contribution is 2.43.